The summed E-state index contributed by atoms with van der Waals surface area (Å²) < 4.78 is 0. The van der Waals surface area contributed by atoms with Crippen molar-refractivity contribution in [2.75, 3.05) is 6.54 Å². The Labute approximate surface area is 254 Å². The molecule has 3 rings (SSSR count). The number of aliphatic carboxylic acids is 1. The van der Waals surface area contributed by atoms with Crippen LogP contribution < -0.4 is 33.2 Å². The molecule has 14 heteroatoms. The van der Waals surface area contributed by atoms with Crippen LogP contribution in [0.15, 0.2) is 78.2 Å². The molecule has 44 heavy (non-hydrogen) atoms. The standard InChI is InChI=1S/C30H39N9O5/c31-22(16-21-17-34-18-36-21)26(40)37-23(12-7-13-35-30(32)33)27(41)38-24(14-19-8-3-1-4-9-19)28(42)39-25(29(43)44)15-20-10-5-2-6-11-20/h1-6,8-11,17-18,22-25H,7,12-16,31H2,(H,34,36)(H,37,40)(H,38,41)(H,39,42)(H,43,44)(H4,32,33,35). The highest BCUT2D eigenvalue weighted by Gasteiger charge is 2.30. The molecular weight excluding hydrogens is 566 g/mol. The van der Waals surface area contributed by atoms with Crippen molar-refractivity contribution in [2.24, 2.45) is 22.2 Å². The number of carboxylic acids is 1. The molecule has 4 unspecified atom stereocenters. The van der Waals surface area contributed by atoms with Gasteiger partial charge in [-0.1, -0.05) is 60.7 Å². The molecule has 1 heterocycles. The topological polar surface area (TPSA) is 244 Å². The summed E-state index contributed by atoms with van der Waals surface area (Å²) in [6.45, 7) is 0.204. The van der Waals surface area contributed by atoms with Crippen LogP contribution in [0, 0.1) is 0 Å². The number of benzene rings is 2. The normalized spacial score (nSPS) is 13.5. The van der Waals surface area contributed by atoms with E-state index in [1.807, 2.05) is 6.07 Å². The minimum absolute atomic E-state index is 0.0472. The Balaban J connectivity index is 1.78. The molecule has 11 N–H and O–H groups in total. The van der Waals surface area contributed by atoms with Crippen molar-refractivity contribution in [3.05, 3.63) is 90.0 Å². The lowest BCUT2D eigenvalue weighted by atomic mass is 10.0. The highest BCUT2D eigenvalue weighted by atomic mass is 16.4. The molecule has 14 nitrogen and oxygen atoms in total. The van der Waals surface area contributed by atoms with Crippen LogP contribution in [-0.2, 0) is 38.4 Å². The second kappa shape index (κ2) is 17.0. The van der Waals surface area contributed by atoms with Crippen LogP contribution in [0.25, 0.3) is 0 Å². The lowest BCUT2D eigenvalue weighted by Gasteiger charge is -2.25. The quantitative estimate of drug-likeness (QED) is 0.0553. The summed E-state index contributed by atoms with van der Waals surface area (Å²) in [6, 6.07) is 13.4. The maximum atomic E-state index is 13.6. The van der Waals surface area contributed by atoms with Gasteiger partial charge in [-0.3, -0.25) is 19.4 Å². The summed E-state index contributed by atoms with van der Waals surface area (Å²) >= 11 is 0. The second-order valence-electron chi connectivity index (χ2n) is 10.2. The van der Waals surface area contributed by atoms with Crippen LogP contribution in [0.1, 0.15) is 29.7 Å². The van der Waals surface area contributed by atoms with Crippen molar-refractivity contribution >= 4 is 29.7 Å². The smallest absolute Gasteiger partial charge is 0.326 e. The third-order valence-electron chi connectivity index (χ3n) is 6.72. The predicted molar refractivity (Wildman–Crippen MR) is 164 cm³/mol. The van der Waals surface area contributed by atoms with Gasteiger partial charge in [-0.15, -0.1) is 0 Å². The first kappa shape index (κ1) is 33.3. The zero-order valence-corrected chi connectivity index (χ0v) is 24.2. The number of nitrogens with two attached hydrogens (primary N) is 3. The van der Waals surface area contributed by atoms with Crippen LogP contribution in [0.5, 0.6) is 0 Å². The van der Waals surface area contributed by atoms with Gasteiger partial charge in [-0.05, 0) is 24.0 Å². The van der Waals surface area contributed by atoms with E-state index < -0.39 is 47.9 Å². The first-order chi connectivity index (χ1) is 21.1. The number of carbonyl (C=O) groups excluding carboxylic acids is 3. The van der Waals surface area contributed by atoms with E-state index >= 15 is 0 Å². The van der Waals surface area contributed by atoms with Crippen molar-refractivity contribution in [3.63, 3.8) is 0 Å². The molecule has 4 atom stereocenters. The Kier molecular flexibility index (Phi) is 12.9. The Hall–Kier alpha value is -5.24. The van der Waals surface area contributed by atoms with Crippen molar-refractivity contribution in [2.45, 2.75) is 56.3 Å². The first-order valence-corrected chi connectivity index (χ1v) is 14.1. The number of imidazole rings is 1. The van der Waals surface area contributed by atoms with Crippen molar-refractivity contribution < 1.29 is 24.3 Å². The van der Waals surface area contributed by atoms with Crippen LogP contribution in [0.3, 0.4) is 0 Å². The van der Waals surface area contributed by atoms with Gasteiger partial charge in [0.25, 0.3) is 0 Å². The van der Waals surface area contributed by atoms with Crippen molar-refractivity contribution in [1.82, 2.24) is 25.9 Å². The van der Waals surface area contributed by atoms with Gasteiger partial charge < -0.3 is 43.2 Å². The number of H-pyrrole nitrogens is 1. The molecule has 0 radical (unpaired) electrons. The summed E-state index contributed by atoms with van der Waals surface area (Å²) in [5.41, 5.74) is 19.0. The van der Waals surface area contributed by atoms with E-state index in [4.69, 9.17) is 17.2 Å². The van der Waals surface area contributed by atoms with Gasteiger partial charge in [-0.25, -0.2) is 9.78 Å². The number of aliphatic imine (C=N–C) groups is 1. The molecule has 3 aromatic rings. The SMILES string of the molecule is NC(N)=NCCCC(NC(=O)C(N)Cc1cnc[nH]1)C(=O)NC(Cc1ccccc1)C(=O)NC(Cc1ccccc1)C(=O)O. The minimum Gasteiger partial charge on any atom is -0.480 e. The highest BCUT2D eigenvalue weighted by molar-refractivity contribution is 5.94. The van der Waals surface area contributed by atoms with Crippen LogP contribution in [0.4, 0.5) is 0 Å². The van der Waals surface area contributed by atoms with E-state index in [9.17, 15) is 24.3 Å². The lowest BCUT2D eigenvalue weighted by Crippen LogP contribution is -2.58. The molecule has 0 saturated carbocycles. The van der Waals surface area contributed by atoms with Crippen LogP contribution >= 0.6 is 0 Å². The first-order valence-electron chi connectivity index (χ1n) is 14.1. The van der Waals surface area contributed by atoms with Crippen molar-refractivity contribution in [3.8, 4) is 0 Å². The zero-order valence-electron chi connectivity index (χ0n) is 24.2. The lowest BCUT2D eigenvalue weighted by molar-refractivity contribution is -0.142. The number of carboxylic acid groups (broad SMARTS) is 1. The summed E-state index contributed by atoms with van der Waals surface area (Å²) in [7, 11) is 0. The summed E-state index contributed by atoms with van der Waals surface area (Å²) in [4.78, 5) is 62.8. The summed E-state index contributed by atoms with van der Waals surface area (Å²) in [5.74, 6) is -3.25. The molecular formula is C30H39N9O5. The van der Waals surface area contributed by atoms with Gasteiger partial charge in [0.1, 0.15) is 18.1 Å². The van der Waals surface area contributed by atoms with Crippen molar-refractivity contribution in [1.29, 1.82) is 0 Å². The summed E-state index contributed by atoms with van der Waals surface area (Å²) in [5, 5.41) is 17.8. The number of hydrogen-bond acceptors (Lipinski definition) is 7. The fourth-order valence-electron chi connectivity index (χ4n) is 4.43. The average Bonchev–Trinajstić information content (AvgIpc) is 3.51. The number of rotatable bonds is 17. The van der Waals surface area contributed by atoms with Gasteiger partial charge in [0.05, 0.1) is 12.4 Å². The maximum Gasteiger partial charge on any atom is 0.326 e. The molecule has 234 valence electrons. The molecule has 2 aromatic carbocycles. The molecule has 0 saturated heterocycles. The number of carbonyl (C=O) groups is 4. The third kappa shape index (κ3) is 11.2. The molecule has 3 amide bonds. The molecule has 1 aromatic heterocycles. The number of guanidine groups is 1. The van der Waals surface area contributed by atoms with E-state index in [2.05, 4.69) is 30.9 Å². The number of amides is 3. The van der Waals surface area contributed by atoms with E-state index in [0.717, 1.165) is 11.1 Å². The molecule has 0 aliphatic heterocycles. The molecule has 0 bridgehead atoms. The van der Waals surface area contributed by atoms with Gasteiger partial charge in [0.2, 0.25) is 17.7 Å². The van der Waals surface area contributed by atoms with Crippen LogP contribution in [0.2, 0.25) is 0 Å². The van der Waals surface area contributed by atoms with E-state index in [0.29, 0.717) is 12.1 Å². The number of aromatic amines is 1. The number of nitrogens with one attached hydrogen (secondary N) is 4. The van der Waals surface area contributed by atoms with Gasteiger partial charge in [0.15, 0.2) is 5.96 Å². The Bertz CT molecular complexity index is 1380. The highest BCUT2D eigenvalue weighted by Crippen LogP contribution is 2.09. The predicted octanol–water partition coefficient (Wildman–Crippen LogP) is -0.642. The van der Waals surface area contributed by atoms with E-state index in [1.54, 1.807) is 60.8 Å². The number of aromatic nitrogens is 2. The van der Waals surface area contributed by atoms with Gasteiger partial charge in [0, 0.05) is 37.7 Å². The average molecular weight is 606 g/mol. The van der Waals surface area contributed by atoms with Gasteiger partial charge in [-0.2, -0.15) is 0 Å². The largest absolute Gasteiger partial charge is 0.480 e. The number of nitrogens with zero attached hydrogens (tertiary/aromatic N) is 2. The summed E-state index contributed by atoms with van der Waals surface area (Å²) in [6.07, 6.45) is 3.76. The van der Waals surface area contributed by atoms with E-state index in [-0.39, 0.29) is 38.2 Å². The maximum absolute atomic E-state index is 13.6. The molecule has 0 aliphatic rings. The zero-order chi connectivity index (χ0) is 31.9. The fraction of sp³-hybridized carbons (Fsp3) is 0.333. The molecule has 0 aliphatic carbocycles. The Morgan fingerprint density at radius 3 is 1.89 bits per heavy atom. The van der Waals surface area contributed by atoms with E-state index in [1.165, 1.54) is 6.33 Å². The van der Waals surface area contributed by atoms with Crippen LogP contribution in [-0.4, -0.2) is 75.4 Å². The Morgan fingerprint density at radius 1 is 0.795 bits per heavy atom. The second-order valence-corrected chi connectivity index (χ2v) is 10.2. The monoisotopic (exact) mass is 605 g/mol. The van der Waals surface area contributed by atoms with Gasteiger partial charge >= 0.3 is 5.97 Å². The Morgan fingerprint density at radius 2 is 1.34 bits per heavy atom. The minimum atomic E-state index is -1.24. The third-order valence-corrected chi connectivity index (χ3v) is 6.72. The number of hydrogen-bond donors (Lipinski definition) is 8. The molecule has 0 fully saturated rings. The fourth-order valence-corrected chi connectivity index (χ4v) is 4.43. The molecule has 0 spiro atoms.